The number of rotatable bonds is 7. The van der Waals surface area contributed by atoms with E-state index >= 15 is 0 Å². The first-order valence-corrected chi connectivity index (χ1v) is 9.72. The Morgan fingerprint density at radius 3 is 2.47 bits per heavy atom. The number of halogens is 2. The molecule has 0 radical (unpaired) electrons. The summed E-state index contributed by atoms with van der Waals surface area (Å²) in [5.41, 5.74) is 3.28. The van der Waals surface area contributed by atoms with E-state index in [1.54, 1.807) is 42.5 Å². The predicted octanol–water partition coefficient (Wildman–Crippen LogP) is 3.58. The molecule has 0 aliphatic carbocycles. The molecule has 0 atom stereocenters. The lowest BCUT2D eigenvalue weighted by Crippen LogP contribution is -2.34. The highest BCUT2D eigenvalue weighted by atomic mass is 35.5. The van der Waals surface area contributed by atoms with E-state index in [0.717, 1.165) is 6.07 Å². The van der Waals surface area contributed by atoms with Gasteiger partial charge in [0.05, 0.1) is 18.3 Å². The van der Waals surface area contributed by atoms with Crippen LogP contribution in [0.1, 0.15) is 26.3 Å². The van der Waals surface area contributed by atoms with E-state index in [2.05, 4.69) is 15.8 Å². The highest BCUT2D eigenvalue weighted by Crippen LogP contribution is 2.15. The summed E-state index contributed by atoms with van der Waals surface area (Å²) >= 11 is 5.77. The third-order valence-electron chi connectivity index (χ3n) is 4.05. The molecule has 0 aromatic heterocycles. The summed E-state index contributed by atoms with van der Waals surface area (Å²) in [6.07, 6.45) is 1.35. The number of carbonyl (C=O) groups excluding carboxylic acids is 3. The largest absolute Gasteiger partial charge is 0.423 e. The molecule has 0 aliphatic rings. The number of nitrogens with one attached hydrogen (secondary N) is 2. The fourth-order valence-electron chi connectivity index (χ4n) is 2.52. The standard InChI is InChI=1S/C23H17ClFN3O4/c24-18-9-7-16(8-10-18)22(30)26-14-21(29)28-27-13-15-3-1-6-20(11-15)32-23(31)17-4-2-5-19(25)12-17/h1-13H,14H2,(H,26,30)(H,28,29). The van der Waals surface area contributed by atoms with Crippen molar-refractivity contribution in [3.05, 3.63) is 100 Å². The summed E-state index contributed by atoms with van der Waals surface area (Å²) < 4.78 is 18.5. The second-order valence-electron chi connectivity index (χ2n) is 6.46. The molecule has 9 heteroatoms. The first kappa shape index (κ1) is 22.6. The van der Waals surface area contributed by atoms with Crippen molar-refractivity contribution in [1.82, 2.24) is 10.7 Å². The van der Waals surface area contributed by atoms with Gasteiger partial charge in [0.1, 0.15) is 11.6 Å². The number of esters is 1. The number of benzene rings is 3. The van der Waals surface area contributed by atoms with Gasteiger partial charge in [-0.3, -0.25) is 9.59 Å². The molecule has 0 aliphatic heterocycles. The summed E-state index contributed by atoms with van der Waals surface area (Å²) in [6.45, 7) is -0.274. The zero-order valence-corrected chi connectivity index (χ0v) is 17.3. The van der Waals surface area contributed by atoms with Crippen LogP contribution in [-0.2, 0) is 4.79 Å². The Bertz CT molecular complexity index is 1170. The molecule has 0 bridgehead atoms. The van der Waals surface area contributed by atoms with Crippen molar-refractivity contribution < 1.29 is 23.5 Å². The Kier molecular flexibility index (Phi) is 7.66. The van der Waals surface area contributed by atoms with Gasteiger partial charge in [0.25, 0.3) is 11.8 Å². The lowest BCUT2D eigenvalue weighted by Gasteiger charge is -2.05. The second-order valence-corrected chi connectivity index (χ2v) is 6.89. The van der Waals surface area contributed by atoms with Gasteiger partial charge in [0.15, 0.2) is 0 Å². The van der Waals surface area contributed by atoms with Gasteiger partial charge >= 0.3 is 5.97 Å². The number of ether oxygens (including phenoxy) is 1. The highest BCUT2D eigenvalue weighted by molar-refractivity contribution is 6.30. The van der Waals surface area contributed by atoms with Crippen LogP contribution in [0.25, 0.3) is 0 Å². The van der Waals surface area contributed by atoms with Gasteiger partial charge in [-0.15, -0.1) is 0 Å². The number of hydrazone groups is 1. The van der Waals surface area contributed by atoms with Crippen molar-refractivity contribution in [2.75, 3.05) is 6.54 Å². The van der Waals surface area contributed by atoms with E-state index in [9.17, 15) is 18.8 Å². The first-order valence-electron chi connectivity index (χ1n) is 9.34. The molecule has 0 heterocycles. The highest BCUT2D eigenvalue weighted by Gasteiger charge is 2.10. The van der Waals surface area contributed by atoms with Crippen LogP contribution in [0.2, 0.25) is 5.02 Å². The molecule has 3 aromatic carbocycles. The van der Waals surface area contributed by atoms with Gasteiger partial charge in [-0.1, -0.05) is 29.8 Å². The Morgan fingerprint density at radius 1 is 0.969 bits per heavy atom. The van der Waals surface area contributed by atoms with Crippen LogP contribution in [0.3, 0.4) is 0 Å². The fraction of sp³-hybridized carbons (Fsp3) is 0.0435. The molecule has 7 nitrogen and oxygen atoms in total. The van der Waals surface area contributed by atoms with Crippen LogP contribution >= 0.6 is 11.6 Å². The summed E-state index contributed by atoms with van der Waals surface area (Å²) in [4.78, 5) is 35.9. The molecule has 2 amide bonds. The number of amides is 2. The average molecular weight is 454 g/mol. The molecule has 0 fully saturated rings. The topological polar surface area (TPSA) is 96.9 Å². The second kappa shape index (κ2) is 10.8. The maximum absolute atomic E-state index is 13.2. The van der Waals surface area contributed by atoms with Crippen molar-refractivity contribution in [2.24, 2.45) is 5.10 Å². The Balaban J connectivity index is 1.49. The van der Waals surface area contributed by atoms with E-state index < -0.39 is 23.6 Å². The SMILES string of the molecule is O=C(CNC(=O)c1ccc(Cl)cc1)NN=Cc1cccc(OC(=O)c2cccc(F)c2)c1. The van der Waals surface area contributed by atoms with Gasteiger partial charge in [0.2, 0.25) is 0 Å². The van der Waals surface area contributed by atoms with Crippen molar-refractivity contribution >= 4 is 35.6 Å². The van der Waals surface area contributed by atoms with Crippen LogP contribution < -0.4 is 15.5 Å². The van der Waals surface area contributed by atoms with Crippen molar-refractivity contribution in [2.45, 2.75) is 0 Å². The van der Waals surface area contributed by atoms with E-state index in [4.69, 9.17) is 16.3 Å². The van der Waals surface area contributed by atoms with Crippen LogP contribution in [0.5, 0.6) is 5.75 Å². The van der Waals surface area contributed by atoms with Crippen LogP contribution in [0.4, 0.5) is 4.39 Å². The third kappa shape index (κ3) is 6.75. The van der Waals surface area contributed by atoms with Gasteiger partial charge in [0, 0.05) is 10.6 Å². The first-order chi connectivity index (χ1) is 15.4. The van der Waals surface area contributed by atoms with Crippen LogP contribution in [-0.4, -0.2) is 30.5 Å². The third-order valence-corrected chi connectivity index (χ3v) is 4.30. The van der Waals surface area contributed by atoms with Gasteiger partial charge in [-0.25, -0.2) is 14.6 Å². The maximum atomic E-state index is 13.2. The molecule has 0 saturated heterocycles. The van der Waals surface area contributed by atoms with E-state index in [1.807, 2.05) is 0 Å². The molecule has 3 rings (SSSR count). The van der Waals surface area contributed by atoms with Crippen molar-refractivity contribution in [3.8, 4) is 5.75 Å². The summed E-state index contributed by atoms with van der Waals surface area (Å²) in [6, 6.07) is 17.8. The summed E-state index contributed by atoms with van der Waals surface area (Å²) in [5.74, 6) is -1.97. The number of carbonyl (C=O) groups is 3. The quantitative estimate of drug-likeness (QED) is 0.247. The molecule has 0 spiro atoms. The van der Waals surface area contributed by atoms with Gasteiger partial charge in [-0.05, 0) is 60.2 Å². The molecule has 0 unspecified atom stereocenters. The molecule has 32 heavy (non-hydrogen) atoms. The molecule has 0 saturated carbocycles. The van der Waals surface area contributed by atoms with Gasteiger partial charge in [-0.2, -0.15) is 5.10 Å². The fourth-order valence-corrected chi connectivity index (χ4v) is 2.65. The minimum absolute atomic E-state index is 0.0805. The monoisotopic (exact) mass is 453 g/mol. The van der Waals surface area contributed by atoms with Crippen molar-refractivity contribution in [3.63, 3.8) is 0 Å². The van der Waals surface area contributed by atoms with Gasteiger partial charge < -0.3 is 10.1 Å². The van der Waals surface area contributed by atoms with E-state index in [0.29, 0.717) is 16.1 Å². The van der Waals surface area contributed by atoms with Crippen molar-refractivity contribution in [1.29, 1.82) is 0 Å². The molecular formula is C23H17ClFN3O4. The zero-order chi connectivity index (χ0) is 22.9. The minimum Gasteiger partial charge on any atom is -0.423 e. The summed E-state index contributed by atoms with van der Waals surface area (Å²) in [5, 5.41) is 6.78. The van der Waals surface area contributed by atoms with Crippen LogP contribution in [0, 0.1) is 5.82 Å². The minimum atomic E-state index is -0.705. The Morgan fingerprint density at radius 2 is 1.72 bits per heavy atom. The number of hydrogen-bond donors (Lipinski definition) is 2. The van der Waals surface area contributed by atoms with E-state index in [-0.39, 0.29) is 17.9 Å². The molecular weight excluding hydrogens is 437 g/mol. The molecule has 3 aromatic rings. The molecule has 162 valence electrons. The lowest BCUT2D eigenvalue weighted by atomic mass is 10.2. The summed E-state index contributed by atoms with van der Waals surface area (Å²) in [7, 11) is 0. The number of hydrogen-bond acceptors (Lipinski definition) is 5. The van der Waals surface area contributed by atoms with Crippen LogP contribution in [0.15, 0.2) is 77.9 Å². The Labute approximate surface area is 187 Å². The molecule has 2 N–H and O–H groups in total. The average Bonchev–Trinajstić information content (AvgIpc) is 2.78. The van der Waals surface area contributed by atoms with E-state index in [1.165, 1.54) is 30.5 Å². The predicted molar refractivity (Wildman–Crippen MR) is 117 cm³/mol. The smallest absolute Gasteiger partial charge is 0.343 e. The zero-order valence-electron chi connectivity index (χ0n) is 16.5. The normalized spacial score (nSPS) is 10.6. The number of nitrogens with zero attached hydrogens (tertiary/aromatic N) is 1. The lowest BCUT2D eigenvalue weighted by molar-refractivity contribution is -0.120. The maximum Gasteiger partial charge on any atom is 0.343 e. The Hall–Kier alpha value is -4.04.